The average molecular weight is 286 g/mol. The van der Waals surface area contributed by atoms with Gasteiger partial charge in [0, 0.05) is 6.54 Å². The molecule has 2 aromatic carbocycles. The van der Waals surface area contributed by atoms with Gasteiger partial charge in [-0.1, -0.05) is 18.2 Å². The zero-order chi connectivity index (χ0) is 15.0. The SMILES string of the molecule is CCn1c(=O)oc2cc(C(N)c3ccc(F)cc3)ccc21. The molecule has 1 unspecified atom stereocenters. The number of halogens is 1. The molecule has 21 heavy (non-hydrogen) atoms. The van der Waals surface area contributed by atoms with Crippen molar-refractivity contribution >= 4 is 11.1 Å². The fourth-order valence-electron chi connectivity index (χ4n) is 2.44. The molecule has 0 amide bonds. The minimum absolute atomic E-state index is 0.299. The van der Waals surface area contributed by atoms with Gasteiger partial charge in [0.05, 0.1) is 11.6 Å². The van der Waals surface area contributed by atoms with Gasteiger partial charge in [-0.25, -0.2) is 9.18 Å². The molecule has 0 radical (unpaired) electrons. The summed E-state index contributed by atoms with van der Waals surface area (Å²) < 4.78 is 19.7. The number of nitrogens with zero attached hydrogens (tertiary/aromatic N) is 1. The van der Waals surface area contributed by atoms with Crippen molar-refractivity contribution in [2.24, 2.45) is 5.73 Å². The van der Waals surface area contributed by atoms with Crippen LogP contribution in [0, 0.1) is 5.82 Å². The fraction of sp³-hybridized carbons (Fsp3) is 0.188. The first kappa shape index (κ1) is 13.6. The van der Waals surface area contributed by atoms with Crippen molar-refractivity contribution in [3.63, 3.8) is 0 Å². The summed E-state index contributed by atoms with van der Waals surface area (Å²) >= 11 is 0. The lowest BCUT2D eigenvalue weighted by Crippen LogP contribution is -2.12. The summed E-state index contributed by atoms with van der Waals surface area (Å²) in [5.41, 5.74) is 9.05. The highest BCUT2D eigenvalue weighted by molar-refractivity contribution is 5.74. The molecule has 108 valence electrons. The lowest BCUT2D eigenvalue weighted by molar-refractivity contribution is 0.513. The highest BCUT2D eigenvalue weighted by atomic mass is 19.1. The van der Waals surface area contributed by atoms with Crippen molar-refractivity contribution in [1.82, 2.24) is 4.57 Å². The largest absolute Gasteiger partial charge is 0.419 e. The third-order valence-electron chi connectivity index (χ3n) is 3.60. The summed E-state index contributed by atoms with van der Waals surface area (Å²) in [6.07, 6.45) is 0. The van der Waals surface area contributed by atoms with E-state index in [0.717, 1.165) is 16.6 Å². The number of fused-ring (bicyclic) bond motifs is 1. The Morgan fingerprint density at radius 1 is 1.19 bits per heavy atom. The van der Waals surface area contributed by atoms with Crippen molar-refractivity contribution in [1.29, 1.82) is 0 Å². The van der Waals surface area contributed by atoms with Gasteiger partial charge in [-0.3, -0.25) is 4.57 Å². The van der Waals surface area contributed by atoms with Crippen molar-refractivity contribution in [3.8, 4) is 0 Å². The molecule has 1 aromatic heterocycles. The Morgan fingerprint density at radius 2 is 1.86 bits per heavy atom. The fourth-order valence-corrected chi connectivity index (χ4v) is 2.44. The van der Waals surface area contributed by atoms with Crippen molar-refractivity contribution in [2.75, 3.05) is 0 Å². The highest BCUT2D eigenvalue weighted by Gasteiger charge is 2.13. The van der Waals surface area contributed by atoms with Gasteiger partial charge in [0.15, 0.2) is 5.58 Å². The normalized spacial score (nSPS) is 12.7. The van der Waals surface area contributed by atoms with Gasteiger partial charge >= 0.3 is 5.76 Å². The van der Waals surface area contributed by atoms with E-state index in [1.54, 1.807) is 22.8 Å². The van der Waals surface area contributed by atoms with Gasteiger partial charge < -0.3 is 10.2 Å². The van der Waals surface area contributed by atoms with E-state index in [2.05, 4.69) is 0 Å². The minimum Gasteiger partial charge on any atom is -0.408 e. The van der Waals surface area contributed by atoms with E-state index in [1.165, 1.54) is 12.1 Å². The molecule has 0 saturated heterocycles. The predicted octanol–water partition coefficient (Wildman–Crippen LogP) is 2.80. The van der Waals surface area contributed by atoms with Gasteiger partial charge in [0.25, 0.3) is 0 Å². The number of nitrogens with two attached hydrogens (primary N) is 1. The van der Waals surface area contributed by atoms with E-state index in [0.29, 0.717) is 12.1 Å². The van der Waals surface area contributed by atoms with E-state index in [4.69, 9.17) is 10.2 Å². The quantitative estimate of drug-likeness (QED) is 0.805. The van der Waals surface area contributed by atoms with Gasteiger partial charge in [-0.15, -0.1) is 0 Å². The molecular formula is C16H15FN2O2. The lowest BCUT2D eigenvalue weighted by atomic mass is 9.99. The van der Waals surface area contributed by atoms with Crippen LogP contribution < -0.4 is 11.5 Å². The van der Waals surface area contributed by atoms with E-state index in [1.807, 2.05) is 19.1 Å². The molecule has 0 aliphatic rings. The first-order valence-electron chi connectivity index (χ1n) is 6.74. The Bertz CT molecular complexity index is 834. The second-order valence-corrected chi connectivity index (χ2v) is 4.87. The standard InChI is InChI=1S/C16H15FN2O2/c1-2-19-13-8-5-11(9-14(13)21-16(19)20)15(18)10-3-6-12(17)7-4-10/h3-9,15H,2,18H2,1H3. The molecule has 0 fully saturated rings. The van der Waals surface area contributed by atoms with Crippen LogP contribution in [0.25, 0.3) is 11.1 Å². The highest BCUT2D eigenvalue weighted by Crippen LogP contribution is 2.23. The van der Waals surface area contributed by atoms with Crippen LogP contribution in [0.2, 0.25) is 0 Å². The Hall–Kier alpha value is -2.40. The van der Waals surface area contributed by atoms with E-state index in [-0.39, 0.29) is 11.6 Å². The minimum atomic E-state index is -0.398. The Kier molecular flexibility index (Phi) is 3.35. The summed E-state index contributed by atoms with van der Waals surface area (Å²) in [4.78, 5) is 11.7. The average Bonchev–Trinajstić information content (AvgIpc) is 2.81. The topological polar surface area (TPSA) is 61.2 Å². The Morgan fingerprint density at radius 3 is 2.52 bits per heavy atom. The molecule has 3 rings (SSSR count). The van der Waals surface area contributed by atoms with Gasteiger partial charge in [0.1, 0.15) is 5.82 Å². The maximum atomic E-state index is 13.0. The molecule has 4 nitrogen and oxygen atoms in total. The number of aromatic nitrogens is 1. The number of benzene rings is 2. The van der Waals surface area contributed by atoms with E-state index in [9.17, 15) is 9.18 Å². The van der Waals surface area contributed by atoms with Crippen LogP contribution in [-0.4, -0.2) is 4.57 Å². The van der Waals surface area contributed by atoms with Crippen LogP contribution >= 0.6 is 0 Å². The molecule has 1 atom stereocenters. The smallest absolute Gasteiger partial charge is 0.408 e. The summed E-state index contributed by atoms with van der Waals surface area (Å²) in [7, 11) is 0. The monoisotopic (exact) mass is 286 g/mol. The summed E-state index contributed by atoms with van der Waals surface area (Å²) in [6.45, 7) is 2.43. The third-order valence-corrected chi connectivity index (χ3v) is 3.60. The summed E-state index contributed by atoms with van der Waals surface area (Å²) in [5.74, 6) is -0.674. The van der Waals surface area contributed by atoms with Crippen LogP contribution in [0.5, 0.6) is 0 Å². The van der Waals surface area contributed by atoms with Crippen molar-refractivity contribution < 1.29 is 8.81 Å². The second-order valence-electron chi connectivity index (χ2n) is 4.87. The molecule has 2 N–H and O–H groups in total. The Balaban J connectivity index is 2.04. The molecular weight excluding hydrogens is 271 g/mol. The summed E-state index contributed by atoms with van der Waals surface area (Å²) in [5, 5.41) is 0. The number of aryl methyl sites for hydroxylation is 1. The number of rotatable bonds is 3. The molecule has 1 heterocycles. The lowest BCUT2D eigenvalue weighted by Gasteiger charge is -2.12. The molecule has 0 aliphatic carbocycles. The van der Waals surface area contributed by atoms with Crippen LogP contribution in [-0.2, 0) is 6.54 Å². The zero-order valence-corrected chi connectivity index (χ0v) is 11.5. The van der Waals surface area contributed by atoms with E-state index >= 15 is 0 Å². The first-order chi connectivity index (χ1) is 10.1. The second kappa shape index (κ2) is 5.18. The van der Waals surface area contributed by atoms with Gasteiger partial charge in [-0.2, -0.15) is 0 Å². The predicted molar refractivity (Wildman–Crippen MR) is 78.6 cm³/mol. The molecule has 0 spiro atoms. The van der Waals surface area contributed by atoms with Gasteiger partial charge in [-0.05, 0) is 42.3 Å². The van der Waals surface area contributed by atoms with Crippen molar-refractivity contribution in [3.05, 3.63) is 70.0 Å². The van der Waals surface area contributed by atoms with Crippen LogP contribution in [0.3, 0.4) is 0 Å². The number of hydrogen-bond acceptors (Lipinski definition) is 3. The maximum Gasteiger partial charge on any atom is 0.419 e. The van der Waals surface area contributed by atoms with Crippen LogP contribution in [0.15, 0.2) is 51.7 Å². The third kappa shape index (κ3) is 2.36. The van der Waals surface area contributed by atoms with Crippen LogP contribution in [0.4, 0.5) is 4.39 Å². The molecule has 0 aliphatic heterocycles. The van der Waals surface area contributed by atoms with Crippen molar-refractivity contribution in [2.45, 2.75) is 19.5 Å². The number of hydrogen-bond donors (Lipinski definition) is 1. The van der Waals surface area contributed by atoms with Crippen LogP contribution in [0.1, 0.15) is 24.1 Å². The molecule has 5 heteroatoms. The first-order valence-corrected chi connectivity index (χ1v) is 6.74. The molecule has 3 aromatic rings. The Labute approximate surface area is 120 Å². The zero-order valence-electron chi connectivity index (χ0n) is 11.5. The molecule has 0 saturated carbocycles. The van der Waals surface area contributed by atoms with E-state index < -0.39 is 6.04 Å². The maximum absolute atomic E-state index is 13.0. The van der Waals surface area contributed by atoms with Gasteiger partial charge in [0.2, 0.25) is 0 Å². The number of oxazole rings is 1. The summed E-state index contributed by atoms with van der Waals surface area (Å²) in [6, 6.07) is 11.1. The molecule has 0 bridgehead atoms.